The summed E-state index contributed by atoms with van der Waals surface area (Å²) in [7, 11) is -2.09. The summed E-state index contributed by atoms with van der Waals surface area (Å²) in [4.78, 5) is 0.193. The van der Waals surface area contributed by atoms with Crippen LogP contribution < -0.4 is 9.46 Å². The van der Waals surface area contributed by atoms with Gasteiger partial charge in [-0.1, -0.05) is 45.0 Å². The summed E-state index contributed by atoms with van der Waals surface area (Å²) in [6.07, 6.45) is 0. The second kappa shape index (κ2) is 7.48. The Morgan fingerprint density at radius 1 is 1.08 bits per heavy atom. The van der Waals surface area contributed by atoms with Gasteiger partial charge in [0.05, 0.1) is 16.5 Å². The molecule has 2 rings (SSSR count). The first-order chi connectivity index (χ1) is 11.5. The first-order valence-electron chi connectivity index (χ1n) is 8.01. The summed E-state index contributed by atoms with van der Waals surface area (Å²) in [6, 6.07) is 12.4. The Bertz CT molecular complexity index is 840. The molecule has 4 nitrogen and oxygen atoms in total. The van der Waals surface area contributed by atoms with Crippen molar-refractivity contribution in [3.8, 4) is 5.75 Å². The van der Waals surface area contributed by atoms with Crippen molar-refractivity contribution in [2.75, 3.05) is 7.11 Å². The van der Waals surface area contributed by atoms with Gasteiger partial charge in [0.2, 0.25) is 10.0 Å². The van der Waals surface area contributed by atoms with Crippen LogP contribution in [0, 0.1) is 0 Å². The van der Waals surface area contributed by atoms with E-state index < -0.39 is 10.0 Å². The van der Waals surface area contributed by atoms with E-state index in [2.05, 4.69) is 41.4 Å². The second-order valence-corrected chi connectivity index (χ2v) is 9.58. The lowest BCUT2D eigenvalue weighted by atomic mass is 9.86. The maximum absolute atomic E-state index is 12.6. The summed E-state index contributed by atoms with van der Waals surface area (Å²) in [5, 5.41) is 0. The van der Waals surface area contributed by atoms with E-state index in [9.17, 15) is 8.42 Å². The molecule has 136 valence electrons. The van der Waals surface area contributed by atoms with Gasteiger partial charge in [-0.15, -0.1) is 0 Å². The fraction of sp³-hybridized carbons (Fsp3) is 0.368. The molecule has 0 unspecified atom stereocenters. The van der Waals surface area contributed by atoms with Gasteiger partial charge in [-0.05, 0) is 57.6 Å². The van der Waals surface area contributed by atoms with E-state index in [1.165, 1.54) is 24.8 Å². The highest BCUT2D eigenvalue weighted by Crippen LogP contribution is 2.28. The third-order valence-corrected chi connectivity index (χ3v) is 6.20. The molecule has 0 aliphatic heterocycles. The zero-order chi connectivity index (χ0) is 18.8. The molecule has 0 aliphatic rings. The van der Waals surface area contributed by atoms with E-state index in [1.807, 2.05) is 31.2 Å². The van der Waals surface area contributed by atoms with Gasteiger partial charge in [0.25, 0.3) is 0 Å². The van der Waals surface area contributed by atoms with Crippen LogP contribution in [0.5, 0.6) is 5.75 Å². The number of nitrogens with one attached hydrogen (secondary N) is 1. The molecule has 25 heavy (non-hydrogen) atoms. The largest absolute Gasteiger partial charge is 0.496 e. The second-order valence-electron chi connectivity index (χ2n) is 7.01. The molecule has 0 radical (unpaired) electrons. The lowest BCUT2D eigenvalue weighted by Gasteiger charge is -2.21. The van der Waals surface area contributed by atoms with Crippen molar-refractivity contribution < 1.29 is 13.2 Å². The van der Waals surface area contributed by atoms with Crippen LogP contribution in [0.4, 0.5) is 0 Å². The van der Waals surface area contributed by atoms with Gasteiger partial charge in [-0.25, -0.2) is 13.1 Å². The Hall–Kier alpha value is -1.37. The monoisotopic (exact) mass is 425 g/mol. The Balaban J connectivity index is 2.21. The summed E-state index contributed by atoms with van der Waals surface area (Å²) in [5.74, 6) is 0.588. The maximum Gasteiger partial charge on any atom is 0.241 e. The molecular weight excluding hydrogens is 402 g/mol. The molecule has 1 N–H and O–H groups in total. The number of hydrogen-bond acceptors (Lipinski definition) is 3. The van der Waals surface area contributed by atoms with Gasteiger partial charge in [0, 0.05) is 6.04 Å². The van der Waals surface area contributed by atoms with Crippen molar-refractivity contribution in [2.45, 2.75) is 44.0 Å². The van der Waals surface area contributed by atoms with Gasteiger partial charge in [0.15, 0.2) is 0 Å². The minimum Gasteiger partial charge on any atom is -0.496 e. The molecule has 1 atom stereocenters. The van der Waals surface area contributed by atoms with Gasteiger partial charge in [-0.3, -0.25) is 0 Å². The van der Waals surface area contributed by atoms with Gasteiger partial charge in [-0.2, -0.15) is 0 Å². The molecular formula is C19H24BrNO3S. The molecule has 0 heterocycles. The van der Waals surface area contributed by atoms with Gasteiger partial charge < -0.3 is 4.74 Å². The van der Waals surface area contributed by atoms with Gasteiger partial charge >= 0.3 is 0 Å². The zero-order valence-corrected chi connectivity index (χ0v) is 17.5. The fourth-order valence-electron chi connectivity index (χ4n) is 2.45. The fourth-order valence-corrected chi connectivity index (χ4v) is 4.40. The lowest BCUT2D eigenvalue weighted by Crippen LogP contribution is -2.27. The molecule has 0 spiro atoms. The highest BCUT2D eigenvalue weighted by Gasteiger charge is 2.20. The molecule has 0 aromatic heterocycles. The average Bonchev–Trinajstić information content (AvgIpc) is 2.53. The van der Waals surface area contributed by atoms with Crippen molar-refractivity contribution in [3.63, 3.8) is 0 Å². The molecule has 0 saturated heterocycles. The van der Waals surface area contributed by atoms with Crippen LogP contribution in [0.1, 0.15) is 44.9 Å². The Labute approximate surface area is 158 Å². The van der Waals surface area contributed by atoms with E-state index in [1.54, 1.807) is 6.07 Å². The molecule has 6 heteroatoms. The third kappa shape index (κ3) is 4.84. The van der Waals surface area contributed by atoms with Crippen LogP contribution in [-0.2, 0) is 15.4 Å². The Morgan fingerprint density at radius 2 is 1.68 bits per heavy atom. The molecule has 0 saturated carbocycles. The summed E-state index contributed by atoms with van der Waals surface area (Å²) >= 11 is 3.32. The van der Waals surface area contributed by atoms with Crippen LogP contribution in [0.15, 0.2) is 51.8 Å². The van der Waals surface area contributed by atoms with Crippen molar-refractivity contribution in [1.82, 2.24) is 4.72 Å². The summed E-state index contributed by atoms with van der Waals surface area (Å²) < 4.78 is 33.7. The standard InChI is InChI=1S/C19H24BrNO3S/c1-13(14-6-8-15(9-7-14)19(2,3)4)21-25(22,23)16-10-11-18(24-5)17(20)12-16/h6-13,21H,1-5H3/t13-/m0/s1. The normalized spacial score (nSPS) is 13.5. The minimum atomic E-state index is -3.63. The topological polar surface area (TPSA) is 55.4 Å². The Kier molecular flexibility index (Phi) is 5.97. The number of ether oxygens (including phenoxy) is 1. The third-order valence-electron chi connectivity index (χ3n) is 4.04. The number of sulfonamides is 1. The molecule has 2 aromatic rings. The van der Waals surface area contributed by atoms with Crippen LogP contribution in [0.25, 0.3) is 0 Å². The molecule has 2 aromatic carbocycles. The van der Waals surface area contributed by atoms with Crippen molar-refractivity contribution in [2.24, 2.45) is 0 Å². The summed E-state index contributed by atoms with van der Waals surface area (Å²) in [6.45, 7) is 8.28. The van der Waals surface area contributed by atoms with Gasteiger partial charge in [0.1, 0.15) is 5.75 Å². The van der Waals surface area contributed by atoms with Crippen LogP contribution >= 0.6 is 15.9 Å². The highest BCUT2D eigenvalue weighted by atomic mass is 79.9. The van der Waals surface area contributed by atoms with E-state index in [4.69, 9.17) is 4.74 Å². The van der Waals surface area contributed by atoms with E-state index in [0.717, 1.165) is 5.56 Å². The highest BCUT2D eigenvalue weighted by molar-refractivity contribution is 9.10. The van der Waals surface area contributed by atoms with Crippen LogP contribution in [0.2, 0.25) is 0 Å². The zero-order valence-electron chi connectivity index (χ0n) is 15.1. The Morgan fingerprint density at radius 3 is 2.16 bits per heavy atom. The molecule has 0 amide bonds. The van der Waals surface area contributed by atoms with Crippen LogP contribution in [0.3, 0.4) is 0 Å². The smallest absolute Gasteiger partial charge is 0.241 e. The summed E-state index contributed by atoms with van der Waals surface area (Å²) in [5.41, 5.74) is 2.20. The predicted molar refractivity (Wildman–Crippen MR) is 105 cm³/mol. The van der Waals surface area contributed by atoms with Crippen molar-refractivity contribution in [1.29, 1.82) is 0 Å². The number of methoxy groups -OCH3 is 1. The lowest BCUT2D eigenvalue weighted by molar-refractivity contribution is 0.411. The predicted octanol–water partition coefficient (Wildman–Crippen LogP) is 4.79. The quantitative estimate of drug-likeness (QED) is 0.748. The number of rotatable bonds is 5. The number of halogens is 1. The van der Waals surface area contributed by atoms with E-state index in [-0.39, 0.29) is 16.4 Å². The number of hydrogen-bond donors (Lipinski definition) is 1. The maximum atomic E-state index is 12.6. The van der Waals surface area contributed by atoms with E-state index in [0.29, 0.717) is 10.2 Å². The first kappa shape index (κ1) is 19.9. The van der Waals surface area contributed by atoms with Crippen LogP contribution in [-0.4, -0.2) is 15.5 Å². The average molecular weight is 426 g/mol. The number of benzene rings is 2. The molecule has 0 bridgehead atoms. The first-order valence-corrected chi connectivity index (χ1v) is 10.3. The van der Waals surface area contributed by atoms with E-state index >= 15 is 0 Å². The van der Waals surface area contributed by atoms with Crippen molar-refractivity contribution in [3.05, 3.63) is 58.1 Å². The SMILES string of the molecule is COc1ccc(S(=O)(=O)N[C@@H](C)c2ccc(C(C)(C)C)cc2)cc1Br. The van der Waals surface area contributed by atoms with Crippen molar-refractivity contribution >= 4 is 26.0 Å². The molecule has 0 fully saturated rings. The minimum absolute atomic E-state index is 0.0661. The molecule has 0 aliphatic carbocycles.